The van der Waals surface area contributed by atoms with Gasteiger partial charge in [0, 0.05) is 13.5 Å². The standard InChI is InChI=1S/C13H23NO6/c1-5-19-12(16)11(13(17)20-6-2)14-10(15)8-7-9(3)18-4/h9,11H,5-8H2,1-4H3,(H,14,15). The van der Waals surface area contributed by atoms with E-state index in [0.29, 0.717) is 6.42 Å². The molecule has 1 amide bonds. The molecule has 0 aliphatic heterocycles. The van der Waals surface area contributed by atoms with Crippen molar-refractivity contribution in [2.24, 2.45) is 0 Å². The molecular weight excluding hydrogens is 266 g/mol. The Morgan fingerprint density at radius 3 is 1.95 bits per heavy atom. The Bertz CT molecular complexity index is 313. The SMILES string of the molecule is CCOC(=O)C(NC(=O)CCC(C)OC)C(=O)OCC. The number of hydrogen-bond acceptors (Lipinski definition) is 6. The summed E-state index contributed by atoms with van der Waals surface area (Å²) in [5.41, 5.74) is 0. The van der Waals surface area contributed by atoms with Gasteiger partial charge in [0.25, 0.3) is 0 Å². The Kier molecular flexibility index (Phi) is 9.36. The van der Waals surface area contributed by atoms with Crippen LogP contribution in [0.25, 0.3) is 0 Å². The lowest BCUT2D eigenvalue weighted by Gasteiger charge is -2.16. The molecule has 0 bridgehead atoms. The Hall–Kier alpha value is -1.63. The summed E-state index contributed by atoms with van der Waals surface area (Å²) in [4.78, 5) is 35.0. The molecule has 0 rings (SSSR count). The van der Waals surface area contributed by atoms with E-state index >= 15 is 0 Å². The van der Waals surface area contributed by atoms with Crippen LogP contribution in [-0.4, -0.2) is 50.3 Å². The molecule has 0 fully saturated rings. The van der Waals surface area contributed by atoms with E-state index in [-0.39, 0.29) is 25.7 Å². The number of amides is 1. The van der Waals surface area contributed by atoms with Crippen LogP contribution in [0.15, 0.2) is 0 Å². The minimum absolute atomic E-state index is 0.0793. The number of rotatable bonds is 9. The maximum Gasteiger partial charge on any atom is 0.340 e. The zero-order chi connectivity index (χ0) is 15.5. The highest BCUT2D eigenvalue weighted by atomic mass is 16.6. The summed E-state index contributed by atoms with van der Waals surface area (Å²) in [7, 11) is 1.54. The fourth-order valence-corrected chi connectivity index (χ4v) is 1.35. The quantitative estimate of drug-likeness (QED) is 0.488. The topological polar surface area (TPSA) is 90.9 Å². The molecule has 1 N–H and O–H groups in total. The fraction of sp³-hybridized carbons (Fsp3) is 0.769. The monoisotopic (exact) mass is 289 g/mol. The molecule has 0 aliphatic carbocycles. The first-order valence-electron chi connectivity index (χ1n) is 6.61. The molecule has 1 atom stereocenters. The van der Waals surface area contributed by atoms with Gasteiger partial charge in [-0.3, -0.25) is 4.79 Å². The number of methoxy groups -OCH3 is 1. The van der Waals surface area contributed by atoms with Crippen LogP contribution in [0.4, 0.5) is 0 Å². The van der Waals surface area contributed by atoms with Crippen molar-refractivity contribution in [1.82, 2.24) is 5.32 Å². The Morgan fingerprint density at radius 1 is 1.05 bits per heavy atom. The largest absolute Gasteiger partial charge is 0.464 e. The van der Waals surface area contributed by atoms with Crippen molar-refractivity contribution in [2.75, 3.05) is 20.3 Å². The number of hydrogen-bond donors (Lipinski definition) is 1. The van der Waals surface area contributed by atoms with Crippen molar-refractivity contribution in [3.8, 4) is 0 Å². The van der Waals surface area contributed by atoms with Crippen LogP contribution in [0.3, 0.4) is 0 Å². The third kappa shape index (κ3) is 7.08. The van der Waals surface area contributed by atoms with Crippen LogP contribution < -0.4 is 5.32 Å². The lowest BCUT2D eigenvalue weighted by Crippen LogP contribution is -2.48. The molecule has 0 aromatic carbocycles. The number of esters is 2. The maximum atomic E-state index is 11.7. The second-order valence-corrected chi connectivity index (χ2v) is 4.09. The van der Waals surface area contributed by atoms with Crippen molar-refractivity contribution in [1.29, 1.82) is 0 Å². The molecule has 7 heteroatoms. The van der Waals surface area contributed by atoms with E-state index in [2.05, 4.69) is 5.32 Å². The predicted octanol–water partition coefficient (Wildman–Crippen LogP) is 0.413. The smallest absolute Gasteiger partial charge is 0.340 e. The van der Waals surface area contributed by atoms with Crippen molar-refractivity contribution in [3.05, 3.63) is 0 Å². The molecule has 0 spiro atoms. The summed E-state index contributed by atoms with van der Waals surface area (Å²) < 4.78 is 14.5. The summed E-state index contributed by atoms with van der Waals surface area (Å²) in [6.45, 7) is 5.28. The van der Waals surface area contributed by atoms with E-state index in [1.54, 1.807) is 21.0 Å². The molecule has 116 valence electrons. The number of ether oxygens (including phenoxy) is 3. The Labute approximate surface area is 118 Å². The van der Waals surface area contributed by atoms with Crippen LogP contribution in [-0.2, 0) is 28.6 Å². The van der Waals surface area contributed by atoms with Crippen molar-refractivity contribution in [2.45, 2.75) is 45.8 Å². The summed E-state index contributed by atoms with van der Waals surface area (Å²) in [6, 6.07) is -1.42. The number of carbonyl (C=O) groups is 3. The average Bonchev–Trinajstić information content (AvgIpc) is 2.42. The van der Waals surface area contributed by atoms with E-state index in [1.807, 2.05) is 6.92 Å². The van der Waals surface area contributed by atoms with E-state index in [4.69, 9.17) is 14.2 Å². The van der Waals surface area contributed by atoms with Gasteiger partial charge in [-0.25, -0.2) is 9.59 Å². The zero-order valence-corrected chi connectivity index (χ0v) is 12.4. The Balaban J connectivity index is 4.51. The molecular formula is C13H23NO6. The summed E-state index contributed by atoms with van der Waals surface area (Å²) in [5.74, 6) is -2.07. The highest BCUT2D eigenvalue weighted by Crippen LogP contribution is 2.01. The molecule has 0 aliphatic rings. The highest BCUT2D eigenvalue weighted by Gasteiger charge is 2.31. The molecule has 0 heterocycles. The van der Waals surface area contributed by atoms with Gasteiger partial charge in [0.1, 0.15) is 0 Å². The average molecular weight is 289 g/mol. The molecule has 7 nitrogen and oxygen atoms in total. The zero-order valence-electron chi connectivity index (χ0n) is 12.4. The molecule has 0 aromatic rings. The van der Waals surface area contributed by atoms with Gasteiger partial charge < -0.3 is 19.5 Å². The molecule has 0 saturated heterocycles. The normalized spacial score (nSPS) is 11.8. The minimum atomic E-state index is -1.42. The minimum Gasteiger partial charge on any atom is -0.464 e. The lowest BCUT2D eigenvalue weighted by atomic mass is 10.2. The van der Waals surface area contributed by atoms with Crippen molar-refractivity contribution < 1.29 is 28.6 Å². The van der Waals surface area contributed by atoms with Crippen LogP contribution in [0.5, 0.6) is 0 Å². The van der Waals surface area contributed by atoms with Gasteiger partial charge >= 0.3 is 11.9 Å². The fourth-order valence-electron chi connectivity index (χ4n) is 1.35. The van der Waals surface area contributed by atoms with Crippen LogP contribution in [0, 0.1) is 0 Å². The van der Waals surface area contributed by atoms with Gasteiger partial charge in [-0.1, -0.05) is 0 Å². The number of nitrogens with one attached hydrogen (secondary N) is 1. The third-order valence-electron chi connectivity index (χ3n) is 2.53. The van der Waals surface area contributed by atoms with Gasteiger partial charge in [0.05, 0.1) is 19.3 Å². The van der Waals surface area contributed by atoms with Crippen LogP contribution >= 0.6 is 0 Å². The highest BCUT2D eigenvalue weighted by molar-refractivity contribution is 6.02. The van der Waals surface area contributed by atoms with Gasteiger partial charge in [0.2, 0.25) is 11.9 Å². The van der Waals surface area contributed by atoms with Crippen molar-refractivity contribution >= 4 is 17.8 Å². The van der Waals surface area contributed by atoms with Gasteiger partial charge in [-0.2, -0.15) is 0 Å². The molecule has 0 aromatic heterocycles. The first kappa shape index (κ1) is 18.4. The first-order chi connectivity index (χ1) is 9.46. The third-order valence-corrected chi connectivity index (χ3v) is 2.53. The van der Waals surface area contributed by atoms with Gasteiger partial charge in [0.15, 0.2) is 0 Å². The molecule has 1 unspecified atom stereocenters. The lowest BCUT2D eigenvalue weighted by molar-refractivity contribution is -0.159. The molecule has 0 saturated carbocycles. The van der Waals surface area contributed by atoms with E-state index < -0.39 is 23.9 Å². The maximum absolute atomic E-state index is 11.7. The van der Waals surface area contributed by atoms with Gasteiger partial charge in [-0.15, -0.1) is 0 Å². The first-order valence-corrected chi connectivity index (χ1v) is 6.61. The summed E-state index contributed by atoms with van der Waals surface area (Å²) >= 11 is 0. The molecule has 0 radical (unpaired) electrons. The van der Waals surface area contributed by atoms with Gasteiger partial charge in [-0.05, 0) is 27.2 Å². The molecule has 20 heavy (non-hydrogen) atoms. The Morgan fingerprint density at radius 2 is 1.55 bits per heavy atom. The number of carbonyl (C=O) groups excluding carboxylic acids is 3. The van der Waals surface area contributed by atoms with E-state index in [1.165, 1.54) is 0 Å². The summed E-state index contributed by atoms with van der Waals surface area (Å²) in [6.07, 6.45) is 0.551. The van der Waals surface area contributed by atoms with Crippen LogP contribution in [0.1, 0.15) is 33.6 Å². The van der Waals surface area contributed by atoms with E-state index in [9.17, 15) is 14.4 Å². The van der Waals surface area contributed by atoms with Crippen LogP contribution in [0.2, 0.25) is 0 Å². The second kappa shape index (κ2) is 10.2. The van der Waals surface area contributed by atoms with Crippen molar-refractivity contribution in [3.63, 3.8) is 0 Å². The predicted molar refractivity (Wildman–Crippen MR) is 70.9 cm³/mol. The second-order valence-electron chi connectivity index (χ2n) is 4.09. The van der Waals surface area contributed by atoms with E-state index in [0.717, 1.165) is 0 Å². The summed E-state index contributed by atoms with van der Waals surface area (Å²) in [5, 5.41) is 2.32.